The lowest BCUT2D eigenvalue weighted by Gasteiger charge is -2.32. The van der Waals surface area contributed by atoms with Crippen LogP contribution in [-0.2, 0) is 23.6 Å². The summed E-state index contributed by atoms with van der Waals surface area (Å²) in [5.41, 5.74) is 5.06. The number of aryl methyl sites for hydroxylation is 1. The summed E-state index contributed by atoms with van der Waals surface area (Å²) in [7, 11) is 5.67. The van der Waals surface area contributed by atoms with Gasteiger partial charge in [-0.25, -0.2) is 38.1 Å². The number of nitriles is 2. The number of carbonyl (C=O) groups excluding carboxylic acids is 3. The fourth-order valence-electron chi connectivity index (χ4n) is 11.2. The monoisotopic (exact) mass is 1790 g/mol. The largest absolute Gasteiger partial charge is 0.526 e. The predicted octanol–water partition coefficient (Wildman–Crippen LogP) is 10.7. The second kappa shape index (κ2) is 45.0. The van der Waals surface area contributed by atoms with Crippen molar-refractivity contribution >= 4 is 123 Å². The van der Waals surface area contributed by atoms with E-state index in [1.165, 1.54) is 46.4 Å². The minimum absolute atomic E-state index is 0.00904. The standard InChI is InChI=1S/C29H27FN4O6.C18H24BNO4.C10H13IN2O2.C7H4BClFNO3.C7H3ClFNO.C6H7NO.C4H9NO2/c1-34(7-8-35)29(36)19-12-24(37-2)27(33-15-19)25-13-22-28(40-25)26(21(30)16-32-22)17-3-4-23(18(11-17)14-31)39-20-5-9-38-10-6-20;1-17(2)18(3,4)24-19(23-17)14-5-6-16(13(11-14)12-20)22-15-7-9-21-10-8-15;1-7-5-8(6-12-9(7)11)10(15)13(2)3-4-14;9-6-3(10)2-11-4-1-5(8(12)13)14-7(4)6;8-6-4(9)3-10-5-1-2-11-7(5)6;1-8-6-3-2-4-7-5-6;1-5(4-7)2-3-6/h3-4,11-13,15-16,20,35H,5-10H2,1-2H3;5-6,11,15H,7-10H2,1-4H3;5-6,14H,3-4H2,1-2H3;1-2,12-13H;1-3H;2-5H,1H3;4,6H,2-3H2,1H3. The molecule has 0 unspecified atom stereocenters. The molecule has 0 atom stereocenters. The van der Waals surface area contributed by atoms with E-state index in [0.29, 0.717) is 96.4 Å². The third-order valence-corrected chi connectivity index (χ3v) is 20.3. The van der Waals surface area contributed by atoms with Crippen LogP contribution < -0.4 is 30.1 Å². The van der Waals surface area contributed by atoms with Gasteiger partial charge in [0.1, 0.15) is 89.0 Å². The first kappa shape index (κ1) is 93.9. The summed E-state index contributed by atoms with van der Waals surface area (Å²) >= 11 is 13.3. The summed E-state index contributed by atoms with van der Waals surface area (Å²) in [6.45, 7) is 13.4. The second-order valence-corrected chi connectivity index (χ2v) is 29.1. The van der Waals surface area contributed by atoms with Gasteiger partial charge in [0.25, 0.3) is 11.8 Å². The van der Waals surface area contributed by atoms with Crippen LogP contribution in [0.1, 0.15) is 90.8 Å². The van der Waals surface area contributed by atoms with Gasteiger partial charge in [-0.05, 0) is 122 Å². The van der Waals surface area contributed by atoms with Gasteiger partial charge >= 0.3 is 14.2 Å². The molecule has 9 aromatic heterocycles. The first-order valence-electron chi connectivity index (χ1n) is 36.8. The molecule has 3 aliphatic rings. The SMILES string of the molecule is CC1(C)OB(c2ccc(OC3CCOCC3)c(C#N)c2)OC1(C)C.CN(C=O)CCO.COc1cc(C(=O)N(C)CCO)cnc1-c1cc2ncc(F)c(-c3ccc(OC4CCOCC4)c(C#N)c3)c2o1.COc1cccnc1.Cc1cc(C(=O)N(C)CCO)cnc1I.Fc1cnc2ccoc2c1Cl.OB(O)c1cc2ncc(F)c(Cl)c2o1. The minimum Gasteiger partial charge on any atom is -0.495 e. The first-order chi connectivity index (χ1) is 56.9. The van der Waals surface area contributed by atoms with Crippen molar-refractivity contribution in [2.75, 3.05) is 101 Å². The number of hydrogen-bond donors (Lipinski definition) is 5. The molecule has 14 rings (SSSR count). The maximum Gasteiger partial charge on any atom is 0.526 e. The number of fused-ring (bicyclic) bond motifs is 3. The predicted molar refractivity (Wildman–Crippen MR) is 444 cm³/mol. The maximum absolute atomic E-state index is 15.2. The van der Waals surface area contributed by atoms with Gasteiger partial charge in [-0.2, -0.15) is 10.5 Å². The Morgan fingerprint density at radius 3 is 1.70 bits per heavy atom. The summed E-state index contributed by atoms with van der Waals surface area (Å²) in [5.74, 6) is 0.0226. The maximum atomic E-state index is 15.2. The highest BCUT2D eigenvalue weighted by atomic mass is 127. The highest BCUT2D eigenvalue weighted by molar-refractivity contribution is 14.1. The number of aliphatic hydroxyl groups excluding tert-OH is 3. The van der Waals surface area contributed by atoms with Crippen molar-refractivity contribution in [1.82, 2.24) is 44.6 Å². The van der Waals surface area contributed by atoms with Crippen molar-refractivity contribution < 1.29 is 104 Å². The summed E-state index contributed by atoms with van der Waals surface area (Å²) in [6, 6.07) is 26.4. The molecule has 3 aliphatic heterocycles. The van der Waals surface area contributed by atoms with Gasteiger partial charge in [0, 0.05) is 103 Å². The molecule has 3 fully saturated rings. The number of aliphatic hydroxyl groups is 3. The number of furan rings is 3. The van der Waals surface area contributed by atoms with Gasteiger partial charge in [-0.3, -0.25) is 19.4 Å². The molecule has 12 heterocycles. The normalized spacial score (nSPS) is 13.9. The number of methoxy groups -OCH3 is 2. The van der Waals surface area contributed by atoms with Crippen LogP contribution in [0.3, 0.4) is 0 Å². The number of hydrogen-bond acceptors (Lipinski definition) is 27. The number of benzene rings is 2. The number of amides is 3. The lowest BCUT2D eigenvalue weighted by Crippen LogP contribution is -2.41. The fraction of sp³-hybridized carbons (Fsp3) is 0.346. The Hall–Kier alpha value is -10.6. The number of carbonyl (C=O) groups is 3. The molecule has 628 valence electrons. The zero-order chi connectivity index (χ0) is 86.7. The van der Waals surface area contributed by atoms with Gasteiger partial charge in [-0.15, -0.1) is 0 Å². The van der Waals surface area contributed by atoms with Gasteiger partial charge in [-0.1, -0.05) is 35.3 Å². The first-order valence-corrected chi connectivity index (χ1v) is 38.6. The van der Waals surface area contributed by atoms with Crippen LogP contribution >= 0.6 is 45.8 Å². The molecule has 0 saturated carbocycles. The van der Waals surface area contributed by atoms with Crippen molar-refractivity contribution in [3.05, 3.63) is 188 Å². The molecule has 0 bridgehead atoms. The number of likely N-dealkylation sites (N-methyl/N-ethyl adjacent to an activating group) is 3. The second-order valence-electron chi connectivity index (χ2n) is 27.4. The Bertz CT molecular complexity index is 5290. The third-order valence-electron chi connectivity index (χ3n) is 18.4. The van der Waals surface area contributed by atoms with E-state index in [-0.39, 0.29) is 111 Å². The molecular formula is C81H87B2Cl2F3IN11O19. The van der Waals surface area contributed by atoms with Gasteiger partial charge in [0.15, 0.2) is 40.0 Å². The molecule has 11 aromatic rings. The van der Waals surface area contributed by atoms with E-state index in [4.69, 9.17) is 99.6 Å². The van der Waals surface area contributed by atoms with E-state index < -0.39 is 42.9 Å². The average Bonchev–Trinajstić information content (AvgIpc) is 1.64. The average molecular weight is 1800 g/mol. The van der Waals surface area contributed by atoms with Gasteiger partial charge < -0.3 is 91.0 Å². The highest BCUT2D eigenvalue weighted by Gasteiger charge is 2.52. The summed E-state index contributed by atoms with van der Waals surface area (Å²) in [6.07, 6.45) is 14.7. The van der Waals surface area contributed by atoms with Crippen molar-refractivity contribution in [3.8, 4) is 57.7 Å². The van der Waals surface area contributed by atoms with Gasteiger partial charge in [0.05, 0.1) is 131 Å². The molecule has 3 saturated heterocycles. The molecule has 0 spiro atoms. The van der Waals surface area contributed by atoms with Crippen LogP contribution in [0.5, 0.6) is 23.0 Å². The Morgan fingerprint density at radius 1 is 0.647 bits per heavy atom. The van der Waals surface area contributed by atoms with Crippen molar-refractivity contribution in [2.24, 2.45) is 0 Å². The molecular weight excluding hydrogens is 1710 g/mol. The number of nitrogens with zero attached hydrogens (tertiary/aromatic N) is 11. The van der Waals surface area contributed by atoms with E-state index in [1.807, 2.05) is 65.0 Å². The van der Waals surface area contributed by atoms with E-state index in [1.54, 1.807) is 83.2 Å². The van der Waals surface area contributed by atoms with E-state index in [0.717, 1.165) is 64.8 Å². The van der Waals surface area contributed by atoms with Crippen LogP contribution in [0.25, 0.3) is 55.9 Å². The molecule has 3 amide bonds. The smallest absolute Gasteiger partial charge is 0.495 e. The number of rotatable bonds is 19. The molecule has 119 heavy (non-hydrogen) atoms. The van der Waals surface area contributed by atoms with Crippen molar-refractivity contribution in [1.29, 1.82) is 10.5 Å². The summed E-state index contributed by atoms with van der Waals surface area (Å²) < 4.78 is 103. The van der Waals surface area contributed by atoms with Crippen LogP contribution in [0.4, 0.5) is 13.2 Å². The lowest BCUT2D eigenvalue weighted by molar-refractivity contribution is -0.117. The molecule has 5 N–H and O–H groups in total. The topological polar surface area (TPSA) is 400 Å². The van der Waals surface area contributed by atoms with Crippen LogP contribution in [0.15, 0.2) is 142 Å². The number of halogens is 6. The Kier molecular flexibility index (Phi) is 35.5. The van der Waals surface area contributed by atoms with E-state index in [2.05, 4.69) is 64.6 Å². The van der Waals surface area contributed by atoms with Crippen LogP contribution in [0.2, 0.25) is 10.0 Å². The number of ether oxygens (including phenoxy) is 6. The summed E-state index contributed by atoms with van der Waals surface area (Å²) in [4.78, 5) is 62.2. The third kappa shape index (κ3) is 25.5. The Balaban J connectivity index is 0.000000190. The fourth-order valence-corrected chi connectivity index (χ4v) is 11.8. The number of pyridine rings is 6. The van der Waals surface area contributed by atoms with Crippen LogP contribution in [-0.4, -0.2) is 227 Å². The number of aromatic nitrogens is 6. The van der Waals surface area contributed by atoms with Crippen LogP contribution in [0, 0.1) is 50.7 Å². The highest BCUT2D eigenvalue weighted by Crippen LogP contribution is 2.41. The van der Waals surface area contributed by atoms with E-state index in [9.17, 15) is 33.7 Å². The molecule has 30 nitrogen and oxygen atoms in total. The molecule has 0 aliphatic carbocycles. The Morgan fingerprint density at radius 2 is 1.18 bits per heavy atom. The quantitative estimate of drug-likeness (QED) is 0.0217. The minimum atomic E-state index is -1.76. The molecule has 0 radical (unpaired) electrons. The van der Waals surface area contributed by atoms with Crippen molar-refractivity contribution in [3.63, 3.8) is 0 Å². The van der Waals surface area contributed by atoms with E-state index >= 15 is 4.39 Å². The van der Waals surface area contributed by atoms with Gasteiger partial charge in [0.2, 0.25) is 6.41 Å². The molecule has 2 aromatic carbocycles. The Labute approximate surface area is 707 Å². The summed E-state index contributed by atoms with van der Waals surface area (Å²) in [5, 5.41) is 62.6. The van der Waals surface area contributed by atoms with Crippen molar-refractivity contribution in [2.45, 2.75) is 83.7 Å². The lowest BCUT2D eigenvalue weighted by atomic mass is 9.78. The zero-order valence-corrected chi connectivity index (χ0v) is 70.2. The molecule has 38 heteroatoms. The zero-order valence-electron chi connectivity index (χ0n) is 66.5.